The van der Waals surface area contributed by atoms with Crippen LogP contribution in [0, 0.1) is 37.0 Å². The van der Waals surface area contributed by atoms with Crippen molar-refractivity contribution < 1.29 is 14.3 Å². The van der Waals surface area contributed by atoms with E-state index in [4.69, 9.17) is 4.74 Å². The number of esters is 1. The molecular formula is C19H26N2O3S. The van der Waals surface area contributed by atoms with Crippen LogP contribution >= 0.6 is 11.3 Å². The molecule has 6 heteroatoms. The Morgan fingerprint density at radius 3 is 2.28 bits per heavy atom. The van der Waals surface area contributed by atoms with Crippen molar-refractivity contribution in [1.82, 2.24) is 10.3 Å². The van der Waals surface area contributed by atoms with Crippen LogP contribution in [0.1, 0.15) is 58.9 Å². The lowest BCUT2D eigenvalue weighted by Gasteiger charge is -2.56. The van der Waals surface area contributed by atoms with Crippen molar-refractivity contribution in [3.63, 3.8) is 0 Å². The van der Waals surface area contributed by atoms with Crippen LogP contribution in [-0.2, 0) is 9.53 Å². The first-order valence-corrected chi connectivity index (χ1v) is 10.1. The average molecular weight is 362 g/mol. The number of hydrogen-bond acceptors (Lipinski definition) is 5. The minimum atomic E-state index is -0.451. The highest BCUT2D eigenvalue weighted by Crippen LogP contribution is 2.59. The molecule has 136 valence electrons. The second-order valence-corrected chi connectivity index (χ2v) is 9.62. The van der Waals surface area contributed by atoms with Gasteiger partial charge in [0.1, 0.15) is 4.88 Å². The molecule has 4 aliphatic carbocycles. The summed E-state index contributed by atoms with van der Waals surface area (Å²) in [6.45, 7) is 4.17. The van der Waals surface area contributed by atoms with Gasteiger partial charge in [-0.1, -0.05) is 0 Å². The van der Waals surface area contributed by atoms with Gasteiger partial charge in [-0.05, 0) is 75.5 Å². The summed E-state index contributed by atoms with van der Waals surface area (Å²) in [5.74, 6) is 1.98. The SMILES string of the molecule is Cc1nc(C)c(C(=O)OCC(=O)NCC23CC4CC(CC(C4)C2)C3)s1. The summed E-state index contributed by atoms with van der Waals surface area (Å²) in [4.78, 5) is 28.9. The maximum atomic E-state index is 12.2. The Bertz CT molecular complexity index is 662. The zero-order chi connectivity index (χ0) is 17.6. The van der Waals surface area contributed by atoms with E-state index in [1.807, 2.05) is 6.92 Å². The fourth-order valence-electron chi connectivity index (χ4n) is 5.76. The lowest BCUT2D eigenvalue weighted by Crippen LogP contribution is -2.51. The van der Waals surface area contributed by atoms with Crippen molar-refractivity contribution in [2.75, 3.05) is 13.2 Å². The Morgan fingerprint density at radius 2 is 1.76 bits per heavy atom. The van der Waals surface area contributed by atoms with Crippen molar-refractivity contribution >= 4 is 23.2 Å². The summed E-state index contributed by atoms with van der Waals surface area (Å²) in [7, 11) is 0. The number of nitrogens with one attached hydrogen (secondary N) is 1. The Morgan fingerprint density at radius 1 is 1.16 bits per heavy atom. The number of carbonyl (C=O) groups is 2. The number of carbonyl (C=O) groups excluding carboxylic acids is 2. The minimum absolute atomic E-state index is 0.192. The first-order valence-electron chi connectivity index (χ1n) is 9.30. The van der Waals surface area contributed by atoms with Gasteiger partial charge < -0.3 is 10.1 Å². The molecular weight excluding hydrogens is 336 g/mol. The molecule has 4 aliphatic rings. The molecule has 4 saturated carbocycles. The topological polar surface area (TPSA) is 68.3 Å². The van der Waals surface area contributed by atoms with Crippen LogP contribution in [0.25, 0.3) is 0 Å². The van der Waals surface area contributed by atoms with E-state index in [1.54, 1.807) is 6.92 Å². The number of aromatic nitrogens is 1. The van der Waals surface area contributed by atoms with E-state index in [1.165, 1.54) is 49.9 Å². The number of nitrogens with zero attached hydrogens (tertiary/aromatic N) is 1. The summed E-state index contributed by atoms with van der Waals surface area (Å²) in [5.41, 5.74) is 0.973. The number of aryl methyl sites for hydroxylation is 2. The molecule has 1 heterocycles. The number of thiazole rings is 1. The second-order valence-electron chi connectivity index (χ2n) is 8.42. The van der Waals surface area contributed by atoms with Crippen LogP contribution in [0.5, 0.6) is 0 Å². The van der Waals surface area contributed by atoms with Gasteiger partial charge in [0.2, 0.25) is 0 Å². The van der Waals surface area contributed by atoms with E-state index in [2.05, 4.69) is 10.3 Å². The Labute approximate surface area is 152 Å². The quantitative estimate of drug-likeness (QED) is 0.817. The molecule has 1 aromatic rings. The molecule has 0 radical (unpaired) electrons. The molecule has 0 spiro atoms. The fraction of sp³-hybridized carbons (Fsp3) is 0.737. The van der Waals surface area contributed by atoms with Gasteiger partial charge in [0.25, 0.3) is 5.91 Å². The van der Waals surface area contributed by atoms with E-state index < -0.39 is 5.97 Å². The van der Waals surface area contributed by atoms with E-state index in [0.29, 0.717) is 16.0 Å². The molecule has 0 unspecified atom stereocenters. The first-order chi connectivity index (χ1) is 11.9. The maximum absolute atomic E-state index is 12.2. The third-order valence-electron chi connectivity index (χ3n) is 6.25. The van der Waals surface area contributed by atoms with Crippen LogP contribution < -0.4 is 5.32 Å². The summed E-state index contributed by atoms with van der Waals surface area (Å²) < 4.78 is 5.17. The maximum Gasteiger partial charge on any atom is 0.350 e. The van der Waals surface area contributed by atoms with Crippen molar-refractivity contribution in [3.8, 4) is 0 Å². The smallest absolute Gasteiger partial charge is 0.350 e. The zero-order valence-corrected chi connectivity index (χ0v) is 15.8. The van der Waals surface area contributed by atoms with E-state index in [-0.39, 0.29) is 12.5 Å². The number of hydrogen-bond donors (Lipinski definition) is 1. The predicted molar refractivity (Wildman–Crippen MR) is 95.5 cm³/mol. The van der Waals surface area contributed by atoms with Crippen LogP contribution in [-0.4, -0.2) is 30.0 Å². The molecule has 5 nitrogen and oxygen atoms in total. The van der Waals surface area contributed by atoms with E-state index in [0.717, 1.165) is 29.3 Å². The van der Waals surface area contributed by atoms with Gasteiger partial charge in [-0.2, -0.15) is 0 Å². The molecule has 1 aromatic heterocycles. The largest absolute Gasteiger partial charge is 0.451 e. The highest BCUT2D eigenvalue weighted by Gasteiger charge is 2.50. The normalized spacial score (nSPS) is 32.6. The number of rotatable bonds is 5. The van der Waals surface area contributed by atoms with Crippen LogP contribution in [0.4, 0.5) is 0 Å². The molecule has 4 bridgehead atoms. The Kier molecular flexibility index (Phi) is 4.34. The van der Waals surface area contributed by atoms with Crippen molar-refractivity contribution in [1.29, 1.82) is 0 Å². The third-order valence-corrected chi connectivity index (χ3v) is 7.30. The number of ether oxygens (including phenoxy) is 1. The molecule has 4 fully saturated rings. The predicted octanol–water partition coefficient (Wildman–Crippen LogP) is 3.25. The van der Waals surface area contributed by atoms with Crippen LogP contribution in [0.15, 0.2) is 0 Å². The van der Waals surface area contributed by atoms with Gasteiger partial charge in [-0.25, -0.2) is 9.78 Å². The highest BCUT2D eigenvalue weighted by molar-refractivity contribution is 7.13. The lowest BCUT2D eigenvalue weighted by molar-refractivity contribution is -0.126. The summed E-state index contributed by atoms with van der Waals surface area (Å²) >= 11 is 1.31. The monoisotopic (exact) mass is 362 g/mol. The molecule has 0 aliphatic heterocycles. The zero-order valence-electron chi connectivity index (χ0n) is 15.0. The Hall–Kier alpha value is -1.43. The summed E-state index contributed by atoms with van der Waals surface area (Å²) in [6.07, 6.45) is 7.99. The average Bonchev–Trinajstić information content (AvgIpc) is 2.88. The van der Waals surface area contributed by atoms with Crippen molar-refractivity contribution in [3.05, 3.63) is 15.6 Å². The molecule has 0 aromatic carbocycles. The number of amides is 1. The first kappa shape index (κ1) is 17.0. The molecule has 0 atom stereocenters. The fourth-order valence-corrected chi connectivity index (χ4v) is 6.57. The molecule has 25 heavy (non-hydrogen) atoms. The van der Waals surface area contributed by atoms with Gasteiger partial charge in [0.15, 0.2) is 6.61 Å². The van der Waals surface area contributed by atoms with Crippen molar-refractivity contribution in [2.24, 2.45) is 23.2 Å². The van der Waals surface area contributed by atoms with Gasteiger partial charge in [0, 0.05) is 6.54 Å². The van der Waals surface area contributed by atoms with Crippen LogP contribution in [0.3, 0.4) is 0 Å². The summed E-state index contributed by atoms with van der Waals surface area (Å²) in [6, 6.07) is 0. The molecule has 5 rings (SSSR count). The van der Waals surface area contributed by atoms with Gasteiger partial charge in [0.05, 0.1) is 10.7 Å². The van der Waals surface area contributed by atoms with Gasteiger partial charge in [-0.15, -0.1) is 11.3 Å². The molecule has 1 N–H and O–H groups in total. The van der Waals surface area contributed by atoms with Gasteiger partial charge in [-0.3, -0.25) is 4.79 Å². The van der Waals surface area contributed by atoms with Gasteiger partial charge >= 0.3 is 5.97 Å². The van der Waals surface area contributed by atoms with E-state index in [9.17, 15) is 9.59 Å². The summed E-state index contributed by atoms with van der Waals surface area (Å²) in [5, 5.41) is 3.87. The lowest BCUT2D eigenvalue weighted by atomic mass is 9.49. The Balaban J connectivity index is 1.27. The van der Waals surface area contributed by atoms with Crippen molar-refractivity contribution in [2.45, 2.75) is 52.4 Å². The van der Waals surface area contributed by atoms with E-state index >= 15 is 0 Å². The molecule has 1 amide bonds. The standard InChI is InChI=1S/C19H26N2O3S/c1-11-17(25-12(2)21-11)18(23)24-9-16(22)20-10-19-6-13-3-14(7-19)5-15(4-13)8-19/h13-15H,3-10H2,1-2H3,(H,20,22). The third kappa shape index (κ3) is 3.46. The second kappa shape index (κ2) is 6.38. The minimum Gasteiger partial charge on any atom is -0.451 e. The van der Waals surface area contributed by atoms with Crippen LogP contribution in [0.2, 0.25) is 0 Å². The molecule has 0 saturated heterocycles. The highest BCUT2D eigenvalue weighted by atomic mass is 32.1.